The minimum Gasteiger partial charge on any atom is -0.378 e. The number of amides is 2. The van der Waals surface area contributed by atoms with Crippen LogP contribution < -0.4 is 10.9 Å². The van der Waals surface area contributed by atoms with E-state index in [0.717, 1.165) is 11.3 Å². The van der Waals surface area contributed by atoms with Crippen LogP contribution >= 0.6 is 0 Å². The Morgan fingerprint density at radius 2 is 1.31 bits per heavy atom. The van der Waals surface area contributed by atoms with E-state index in [4.69, 9.17) is 28.7 Å². The van der Waals surface area contributed by atoms with Crippen LogP contribution in [0.2, 0.25) is 0 Å². The van der Waals surface area contributed by atoms with Gasteiger partial charge in [-0.3, -0.25) is 28.8 Å². The molecule has 14 nitrogen and oxygen atoms in total. The van der Waals surface area contributed by atoms with Crippen LogP contribution in [-0.4, -0.2) is 147 Å². The van der Waals surface area contributed by atoms with Gasteiger partial charge in [0.25, 0.3) is 5.56 Å². The SMILES string of the molecule is CCC(C(=O)Nc1ccccc1C)N1CCOCCOCCN(Cc2nc3ccccc3c(=O)n2CC(=O)N2CCOCC2)CCOCCOCC1. The molecule has 5 rings (SSSR count). The molecule has 2 aliphatic rings. The van der Waals surface area contributed by atoms with Crippen molar-refractivity contribution in [1.82, 2.24) is 24.3 Å². The van der Waals surface area contributed by atoms with E-state index in [1.807, 2.05) is 50.2 Å². The summed E-state index contributed by atoms with van der Waals surface area (Å²) >= 11 is 0. The van der Waals surface area contributed by atoms with Crippen molar-refractivity contribution in [3.05, 3.63) is 70.3 Å². The molecule has 3 heterocycles. The van der Waals surface area contributed by atoms with E-state index in [9.17, 15) is 14.4 Å². The highest BCUT2D eigenvalue weighted by atomic mass is 16.5. The Hall–Kier alpha value is -3.76. The fourth-order valence-electron chi connectivity index (χ4n) is 6.37. The van der Waals surface area contributed by atoms with Crippen LogP contribution in [0, 0.1) is 6.92 Å². The van der Waals surface area contributed by atoms with E-state index < -0.39 is 0 Å². The zero-order chi connectivity index (χ0) is 36.5. The molecule has 0 aliphatic carbocycles. The van der Waals surface area contributed by atoms with Gasteiger partial charge in [0.15, 0.2) is 0 Å². The molecule has 1 unspecified atom stereocenters. The number of aromatic nitrogens is 2. The van der Waals surface area contributed by atoms with Crippen LogP contribution in [0.5, 0.6) is 0 Å². The lowest BCUT2D eigenvalue weighted by atomic mass is 10.1. The van der Waals surface area contributed by atoms with E-state index in [2.05, 4.69) is 15.1 Å². The number of para-hydroxylation sites is 2. The molecular formula is C38H54N6O8. The van der Waals surface area contributed by atoms with Gasteiger partial charge in [-0.05, 0) is 37.1 Å². The third-order valence-corrected chi connectivity index (χ3v) is 9.39. The summed E-state index contributed by atoms with van der Waals surface area (Å²) in [7, 11) is 0. The summed E-state index contributed by atoms with van der Waals surface area (Å²) in [6.45, 7) is 11.9. The molecule has 1 N–H and O–H groups in total. The van der Waals surface area contributed by atoms with E-state index in [0.29, 0.717) is 135 Å². The van der Waals surface area contributed by atoms with Gasteiger partial charge in [0, 0.05) is 45.0 Å². The molecule has 0 saturated carbocycles. The van der Waals surface area contributed by atoms with Crippen LogP contribution in [0.3, 0.4) is 0 Å². The molecule has 284 valence electrons. The average Bonchev–Trinajstić information content (AvgIpc) is 3.15. The minimum absolute atomic E-state index is 0.0465. The summed E-state index contributed by atoms with van der Waals surface area (Å²) in [6.07, 6.45) is 0.648. The number of anilines is 1. The molecule has 2 fully saturated rings. The zero-order valence-electron chi connectivity index (χ0n) is 30.6. The normalized spacial score (nSPS) is 19.1. The van der Waals surface area contributed by atoms with Gasteiger partial charge in [0.1, 0.15) is 12.4 Å². The molecule has 2 amide bonds. The van der Waals surface area contributed by atoms with Gasteiger partial charge in [-0.2, -0.15) is 0 Å². The molecule has 1 aromatic heterocycles. The second kappa shape index (κ2) is 21.1. The van der Waals surface area contributed by atoms with Gasteiger partial charge in [-0.25, -0.2) is 4.98 Å². The smallest absolute Gasteiger partial charge is 0.261 e. The number of ether oxygens (including phenoxy) is 5. The van der Waals surface area contributed by atoms with Crippen molar-refractivity contribution in [3.8, 4) is 0 Å². The van der Waals surface area contributed by atoms with Crippen LogP contribution in [0.4, 0.5) is 5.69 Å². The summed E-state index contributed by atoms with van der Waals surface area (Å²) < 4.78 is 30.7. The number of fused-ring (bicyclic) bond motifs is 1. The lowest BCUT2D eigenvalue weighted by Crippen LogP contribution is -2.46. The Morgan fingerprint density at radius 1 is 0.750 bits per heavy atom. The third kappa shape index (κ3) is 11.6. The molecule has 2 aliphatic heterocycles. The minimum atomic E-state index is -0.332. The van der Waals surface area contributed by atoms with Crippen molar-refractivity contribution in [3.63, 3.8) is 0 Å². The third-order valence-electron chi connectivity index (χ3n) is 9.39. The Bertz CT molecular complexity index is 1610. The molecule has 1 atom stereocenters. The quantitative estimate of drug-likeness (QED) is 0.367. The van der Waals surface area contributed by atoms with Crippen LogP contribution in [0.1, 0.15) is 24.7 Å². The fraction of sp³-hybridized carbons (Fsp3) is 0.579. The second-order valence-electron chi connectivity index (χ2n) is 12.9. The number of hydrogen-bond acceptors (Lipinski definition) is 11. The zero-order valence-corrected chi connectivity index (χ0v) is 30.6. The number of morpholine rings is 1. The van der Waals surface area contributed by atoms with Crippen molar-refractivity contribution in [2.24, 2.45) is 0 Å². The molecule has 14 heteroatoms. The van der Waals surface area contributed by atoms with E-state index in [1.54, 1.807) is 17.0 Å². The Labute approximate surface area is 305 Å². The first-order valence-electron chi connectivity index (χ1n) is 18.4. The van der Waals surface area contributed by atoms with Crippen LogP contribution in [0.15, 0.2) is 53.3 Å². The maximum atomic E-state index is 13.7. The number of carbonyl (C=O) groups is 2. The van der Waals surface area contributed by atoms with Crippen LogP contribution in [-0.2, 0) is 46.4 Å². The molecule has 2 saturated heterocycles. The molecule has 2 aromatic carbocycles. The molecule has 3 aromatic rings. The van der Waals surface area contributed by atoms with Crippen molar-refractivity contribution < 1.29 is 33.3 Å². The number of rotatable bonds is 8. The summed E-state index contributed by atoms with van der Waals surface area (Å²) in [5.41, 5.74) is 2.19. The molecule has 0 radical (unpaired) electrons. The van der Waals surface area contributed by atoms with E-state index in [-0.39, 0.29) is 30.0 Å². The molecule has 0 bridgehead atoms. The predicted octanol–water partition coefficient (Wildman–Crippen LogP) is 2.17. The molecule has 52 heavy (non-hydrogen) atoms. The summed E-state index contributed by atoms with van der Waals surface area (Å²) in [6, 6.07) is 14.7. The first-order chi connectivity index (χ1) is 25.4. The summed E-state index contributed by atoms with van der Waals surface area (Å²) in [5.74, 6) is 0.338. The van der Waals surface area contributed by atoms with E-state index >= 15 is 0 Å². The Morgan fingerprint density at radius 3 is 1.94 bits per heavy atom. The van der Waals surface area contributed by atoms with Gasteiger partial charge >= 0.3 is 0 Å². The summed E-state index contributed by atoms with van der Waals surface area (Å²) in [4.78, 5) is 51.2. The van der Waals surface area contributed by atoms with Crippen molar-refractivity contribution in [2.75, 3.05) is 111 Å². The lowest BCUT2D eigenvalue weighted by Gasteiger charge is -2.30. The van der Waals surface area contributed by atoms with E-state index in [1.165, 1.54) is 4.57 Å². The Kier molecular flexibility index (Phi) is 16.0. The number of benzene rings is 2. The molecule has 0 spiro atoms. The van der Waals surface area contributed by atoms with Crippen molar-refractivity contribution in [2.45, 2.75) is 39.4 Å². The number of nitrogens with zero attached hydrogens (tertiary/aromatic N) is 5. The topological polar surface area (TPSA) is 137 Å². The second-order valence-corrected chi connectivity index (χ2v) is 12.9. The standard InChI is InChI=1S/C38H54N6O8/c1-3-34(37(46)40-32-10-6-4-8-30(32)2)42-14-20-51-26-24-49-18-12-41(13-19-50-25-27-52-21-15-42)28-35-39-33-11-7-5-9-31(33)38(47)44(35)29-36(45)43-16-22-48-23-17-43/h4-11,34H,3,12-29H2,1-2H3,(H,40,46). The first-order valence-corrected chi connectivity index (χ1v) is 18.4. The lowest BCUT2D eigenvalue weighted by molar-refractivity contribution is -0.136. The highest BCUT2D eigenvalue weighted by molar-refractivity contribution is 5.95. The first kappa shape index (κ1) is 39.4. The fourth-order valence-corrected chi connectivity index (χ4v) is 6.37. The monoisotopic (exact) mass is 722 g/mol. The average molecular weight is 723 g/mol. The maximum absolute atomic E-state index is 13.7. The maximum Gasteiger partial charge on any atom is 0.261 e. The van der Waals surface area contributed by atoms with Crippen molar-refractivity contribution >= 4 is 28.4 Å². The largest absolute Gasteiger partial charge is 0.378 e. The number of nitrogens with one attached hydrogen (secondary N) is 1. The number of carbonyl (C=O) groups excluding carboxylic acids is 2. The van der Waals surface area contributed by atoms with Gasteiger partial charge in [-0.1, -0.05) is 37.3 Å². The van der Waals surface area contributed by atoms with Gasteiger partial charge in [-0.15, -0.1) is 0 Å². The number of aryl methyl sites for hydroxylation is 1. The Balaban J connectivity index is 1.19. The van der Waals surface area contributed by atoms with Gasteiger partial charge in [0.2, 0.25) is 11.8 Å². The summed E-state index contributed by atoms with van der Waals surface area (Å²) in [5, 5.41) is 3.58. The van der Waals surface area contributed by atoms with Gasteiger partial charge < -0.3 is 33.9 Å². The molecular weight excluding hydrogens is 668 g/mol. The highest BCUT2D eigenvalue weighted by Crippen LogP contribution is 2.16. The van der Waals surface area contributed by atoms with Crippen molar-refractivity contribution in [1.29, 1.82) is 0 Å². The number of hydrogen-bond donors (Lipinski definition) is 1. The van der Waals surface area contributed by atoms with Gasteiger partial charge in [0.05, 0.1) is 89.6 Å². The highest BCUT2D eigenvalue weighted by Gasteiger charge is 2.25. The van der Waals surface area contributed by atoms with Crippen LogP contribution in [0.25, 0.3) is 10.9 Å². The predicted molar refractivity (Wildman–Crippen MR) is 197 cm³/mol.